The van der Waals surface area contributed by atoms with Crippen LogP contribution < -0.4 is 19.5 Å². The quantitative estimate of drug-likeness (QED) is 0.725. The second-order valence-electron chi connectivity index (χ2n) is 7.14. The molecule has 0 unspecified atom stereocenters. The predicted molar refractivity (Wildman–Crippen MR) is 108 cm³/mol. The number of hydrogen-bond donors (Lipinski definition) is 2. The molecule has 7 nitrogen and oxygen atoms in total. The normalized spacial score (nSPS) is 16.9. The number of sulfonamides is 1. The Labute approximate surface area is 174 Å². The first kappa shape index (κ1) is 20.0. The fourth-order valence-electron chi connectivity index (χ4n) is 3.03. The predicted octanol–water partition coefficient (Wildman–Crippen LogP) is 3.04. The highest BCUT2D eigenvalue weighted by molar-refractivity contribution is 7.89. The summed E-state index contributed by atoms with van der Waals surface area (Å²) in [5.74, 6) is 0.919. The summed E-state index contributed by atoms with van der Waals surface area (Å²) < 4.78 is 38.7. The molecule has 9 heteroatoms. The van der Waals surface area contributed by atoms with Crippen LogP contribution in [-0.2, 0) is 10.0 Å². The largest absolute Gasteiger partial charge is 0.486 e. The van der Waals surface area contributed by atoms with Gasteiger partial charge in [-0.2, -0.15) is 0 Å². The molecule has 2 aliphatic rings. The number of hydrogen-bond acceptors (Lipinski definition) is 5. The lowest BCUT2D eigenvalue weighted by atomic mass is 10.1. The third-order valence-electron chi connectivity index (χ3n) is 4.80. The number of amides is 1. The molecule has 1 fully saturated rings. The Morgan fingerprint density at radius 1 is 1.10 bits per heavy atom. The van der Waals surface area contributed by atoms with Crippen LogP contribution in [0, 0.1) is 0 Å². The van der Waals surface area contributed by atoms with E-state index < -0.39 is 15.9 Å². The van der Waals surface area contributed by atoms with Crippen LogP contribution in [0.3, 0.4) is 0 Å². The highest BCUT2D eigenvalue weighted by Gasteiger charge is 2.30. The molecular weight excluding hydrogens is 416 g/mol. The van der Waals surface area contributed by atoms with Crippen LogP contribution in [0.1, 0.15) is 41.7 Å². The first-order chi connectivity index (χ1) is 13.8. The maximum absolute atomic E-state index is 12.7. The van der Waals surface area contributed by atoms with Gasteiger partial charge in [0.2, 0.25) is 10.0 Å². The van der Waals surface area contributed by atoms with E-state index >= 15 is 0 Å². The average Bonchev–Trinajstić information content (AvgIpc) is 3.51. The Kier molecular flexibility index (Phi) is 5.42. The first-order valence-electron chi connectivity index (χ1n) is 9.36. The molecule has 0 spiro atoms. The minimum absolute atomic E-state index is 0.0521. The SMILES string of the molecule is C[C@@H](NC(=O)c1ccc(Cl)c(S(=O)(=O)NC2CC2)c1)c1ccc2c(c1)OCCO2. The summed E-state index contributed by atoms with van der Waals surface area (Å²) in [6.45, 7) is 2.83. The maximum atomic E-state index is 12.7. The molecule has 0 aromatic heterocycles. The monoisotopic (exact) mass is 436 g/mol. The molecule has 2 aromatic carbocycles. The van der Waals surface area contributed by atoms with Crippen LogP contribution in [0.5, 0.6) is 11.5 Å². The van der Waals surface area contributed by atoms with Gasteiger partial charge in [-0.25, -0.2) is 13.1 Å². The topological polar surface area (TPSA) is 93.7 Å². The Bertz CT molecular complexity index is 1050. The van der Waals surface area contributed by atoms with Gasteiger partial charge in [0, 0.05) is 11.6 Å². The molecule has 154 valence electrons. The zero-order valence-electron chi connectivity index (χ0n) is 15.8. The summed E-state index contributed by atoms with van der Waals surface area (Å²) in [6.07, 6.45) is 1.62. The van der Waals surface area contributed by atoms with Crippen LogP contribution in [0.25, 0.3) is 0 Å². The van der Waals surface area contributed by atoms with Crippen molar-refractivity contribution in [1.82, 2.24) is 10.0 Å². The molecule has 29 heavy (non-hydrogen) atoms. The molecule has 1 aliphatic carbocycles. The summed E-state index contributed by atoms with van der Waals surface area (Å²) >= 11 is 6.08. The van der Waals surface area contributed by atoms with Crippen LogP contribution in [0.2, 0.25) is 5.02 Å². The van der Waals surface area contributed by atoms with E-state index in [1.165, 1.54) is 18.2 Å². The highest BCUT2D eigenvalue weighted by Crippen LogP contribution is 2.33. The molecule has 1 aliphatic heterocycles. The van der Waals surface area contributed by atoms with Crippen molar-refractivity contribution in [3.05, 3.63) is 52.5 Å². The van der Waals surface area contributed by atoms with Gasteiger partial charge in [-0.15, -0.1) is 0 Å². The molecule has 0 radical (unpaired) electrons. The third kappa shape index (κ3) is 4.49. The van der Waals surface area contributed by atoms with E-state index in [2.05, 4.69) is 10.0 Å². The molecule has 1 heterocycles. The molecular formula is C20H21ClN2O5S. The average molecular weight is 437 g/mol. The second-order valence-corrected chi connectivity index (χ2v) is 9.23. The van der Waals surface area contributed by atoms with Crippen molar-refractivity contribution in [1.29, 1.82) is 0 Å². The molecule has 1 amide bonds. The van der Waals surface area contributed by atoms with Gasteiger partial charge in [0.15, 0.2) is 11.5 Å². The fourth-order valence-corrected chi connectivity index (χ4v) is 4.86. The molecule has 0 bridgehead atoms. The number of nitrogens with one attached hydrogen (secondary N) is 2. The van der Waals surface area contributed by atoms with Crippen LogP contribution in [0.4, 0.5) is 0 Å². The zero-order valence-corrected chi connectivity index (χ0v) is 17.3. The van der Waals surface area contributed by atoms with E-state index in [-0.39, 0.29) is 27.6 Å². The van der Waals surface area contributed by atoms with Gasteiger partial charge in [-0.3, -0.25) is 4.79 Å². The molecule has 1 saturated carbocycles. The van der Waals surface area contributed by atoms with Gasteiger partial charge in [-0.05, 0) is 55.7 Å². The summed E-state index contributed by atoms with van der Waals surface area (Å²) in [7, 11) is -3.77. The van der Waals surface area contributed by atoms with Gasteiger partial charge in [0.25, 0.3) is 5.91 Å². The van der Waals surface area contributed by atoms with Crippen molar-refractivity contribution in [3.63, 3.8) is 0 Å². The lowest BCUT2D eigenvalue weighted by Gasteiger charge is -2.21. The van der Waals surface area contributed by atoms with E-state index in [9.17, 15) is 13.2 Å². The van der Waals surface area contributed by atoms with Crippen molar-refractivity contribution in [3.8, 4) is 11.5 Å². The van der Waals surface area contributed by atoms with Crippen molar-refractivity contribution in [2.75, 3.05) is 13.2 Å². The summed E-state index contributed by atoms with van der Waals surface area (Å²) in [4.78, 5) is 12.6. The number of ether oxygens (including phenoxy) is 2. The van der Waals surface area contributed by atoms with E-state index in [1.807, 2.05) is 25.1 Å². The number of fused-ring (bicyclic) bond motifs is 1. The van der Waals surface area contributed by atoms with Crippen LogP contribution in [0.15, 0.2) is 41.3 Å². The lowest BCUT2D eigenvalue weighted by Crippen LogP contribution is -2.28. The molecule has 2 aromatic rings. The Balaban J connectivity index is 1.51. The molecule has 0 saturated heterocycles. The Morgan fingerprint density at radius 2 is 1.83 bits per heavy atom. The van der Waals surface area contributed by atoms with Gasteiger partial charge >= 0.3 is 0 Å². The highest BCUT2D eigenvalue weighted by atomic mass is 35.5. The lowest BCUT2D eigenvalue weighted by molar-refractivity contribution is 0.0939. The Morgan fingerprint density at radius 3 is 2.55 bits per heavy atom. The second kappa shape index (κ2) is 7.85. The Hall–Kier alpha value is -2.29. The van der Waals surface area contributed by atoms with Gasteiger partial charge in [0.05, 0.1) is 11.1 Å². The zero-order chi connectivity index (χ0) is 20.6. The minimum atomic E-state index is -3.77. The van der Waals surface area contributed by atoms with Crippen LogP contribution in [-0.4, -0.2) is 33.6 Å². The van der Waals surface area contributed by atoms with Gasteiger partial charge < -0.3 is 14.8 Å². The number of rotatable bonds is 6. The summed E-state index contributed by atoms with van der Waals surface area (Å²) in [6, 6.07) is 9.35. The van der Waals surface area contributed by atoms with E-state index in [0.29, 0.717) is 24.7 Å². The van der Waals surface area contributed by atoms with Gasteiger partial charge in [0.1, 0.15) is 18.1 Å². The molecule has 4 rings (SSSR count). The van der Waals surface area contributed by atoms with Crippen molar-refractivity contribution < 1.29 is 22.7 Å². The van der Waals surface area contributed by atoms with Crippen molar-refractivity contribution in [2.24, 2.45) is 0 Å². The van der Waals surface area contributed by atoms with E-state index in [1.54, 1.807) is 0 Å². The molecule has 1 atom stereocenters. The van der Waals surface area contributed by atoms with Crippen molar-refractivity contribution in [2.45, 2.75) is 36.7 Å². The standard InChI is InChI=1S/C20H21ClN2O5S/c1-12(13-3-7-17-18(10-13)28-9-8-27-17)22-20(24)14-2-6-16(21)19(11-14)29(25,26)23-15-4-5-15/h2-3,6-7,10-12,15,23H,4-5,8-9H2,1H3,(H,22,24)/t12-/m1/s1. The van der Waals surface area contributed by atoms with Crippen molar-refractivity contribution >= 4 is 27.5 Å². The number of halogens is 1. The summed E-state index contributed by atoms with van der Waals surface area (Å²) in [5, 5.41) is 2.96. The van der Waals surface area contributed by atoms with E-state index in [0.717, 1.165) is 18.4 Å². The smallest absolute Gasteiger partial charge is 0.251 e. The van der Waals surface area contributed by atoms with Gasteiger partial charge in [-0.1, -0.05) is 17.7 Å². The third-order valence-corrected chi connectivity index (χ3v) is 6.80. The minimum Gasteiger partial charge on any atom is -0.486 e. The van der Waals surface area contributed by atoms with Crippen LogP contribution >= 0.6 is 11.6 Å². The fraction of sp³-hybridized carbons (Fsp3) is 0.350. The first-order valence-corrected chi connectivity index (χ1v) is 11.2. The molecule has 2 N–H and O–H groups in total. The number of benzene rings is 2. The summed E-state index contributed by atoms with van der Waals surface area (Å²) in [5.41, 5.74) is 1.06. The number of carbonyl (C=O) groups excluding carboxylic acids is 1. The maximum Gasteiger partial charge on any atom is 0.251 e. The van der Waals surface area contributed by atoms with E-state index in [4.69, 9.17) is 21.1 Å². The number of carbonyl (C=O) groups is 1.